The highest BCUT2D eigenvalue weighted by Gasteiger charge is 2.21. The molecular weight excluding hydrogens is 636 g/mol. The van der Waals surface area contributed by atoms with Gasteiger partial charge in [0.2, 0.25) is 11.9 Å². The van der Waals surface area contributed by atoms with E-state index < -0.39 is 41.1 Å². The van der Waals surface area contributed by atoms with Gasteiger partial charge < -0.3 is 40.8 Å². The number of unbranched alkanes of at least 4 members (excludes halogenated alkanes) is 4. The molecule has 0 aliphatic heterocycles. The predicted molar refractivity (Wildman–Crippen MR) is 189 cm³/mol. The molecule has 0 rings (SSSR count). The lowest BCUT2D eigenvalue weighted by Gasteiger charge is -2.22. The number of aliphatic imine (C=N–C) groups is 1. The van der Waals surface area contributed by atoms with E-state index in [2.05, 4.69) is 42.2 Å². The summed E-state index contributed by atoms with van der Waals surface area (Å²) in [6.07, 6.45) is 3.58. The third kappa shape index (κ3) is 31.2. The van der Waals surface area contributed by atoms with Gasteiger partial charge in [0.1, 0.15) is 16.8 Å². The van der Waals surface area contributed by atoms with Crippen molar-refractivity contribution in [2.24, 2.45) is 4.99 Å². The second-order valence-corrected chi connectivity index (χ2v) is 14.7. The number of amides is 6. The minimum absolute atomic E-state index is 0.0102. The summed E-state index contributed by atoms with van der Waals surface area (Å²) >= 11 is 0. The van der Waals surface area contributed by atoms with Gasteiger partial charge in [0, 0.05) is 25.7 Å². The normalized spacial score (nSPS) is 12.1. The Kier molecular flexibility index (Phi) is 21.7. The van der Waals surface area contributed by atoms with Gasteiger partial charge in [-0.3, -0.25) is 20.4 Å². The maximum atomic E-state index is 12.2. The zero-order valence-corrected chi connectivity index (χ0v) is 31.5. The van der Waals surface area contributed by atoms with Crippen molar-refractivity contribution in [2.75, 3.05) is 39.3 Å². The number of rotatable bonds is 18. The number of nitrogens with zero attached hydrogens (tertiary/aromatic N) is 1. The Hall–Kier alpha value is -3.82. The van der Waals surface area contributed by atoms with Gasteiger partial charge in [0.15, 0.2) is 0 Å². The van der Waals surface area contributed by atoms with E-state index in [0.717, 1.165) is 51.6 Å². The van der Waals surface area contributed by atoms with Crippen molar-refractivity contribution in [3.05, 3.63) is 0 Å². The van der Waals surface area contributed by atoms with E-state index >= 15 is 0 Å². The van der Waals surface area contributed by atoms with E-state index in [1.165, 1.54) is 0 Å². The molecule has 1 atom stereocenters. The average molecular weight is 701 g/mol. The third-order valence-electron chi connectivity index (χ3n) is 5.91. The van der Waals surface area contributed by atoms with Gasteiger partial charge in [-0.2, -0.15) is 0 Å². The molecule has 0 aromatic rings. The highest BCUT2D eigenvalue weighted by molar-refractivity contribution is 6.01. The lowest BCUT2D eigenvalue weighted by atomic mass is 10.2. The molecule has 0 spiro atoms. The molecule has 0 fully saturated rings. The van der Waals surface area contributed by atoms with Gasteiger partial charge in [-0.15, -0.1) is 0 Å². The zero-order chi connectivity index (χ0) is 37.5. The second kappa shape index (κ2) is 23.5. The van der Waals surface area contributed by atoms with Gasteiger partial charge in [-0.05, 0) is 114 Å². The molecule has 0 aromatic heterocycles. The number of nitrogens with one attached hydrogen (secondary N) is 7. The van der Waals surface area contributed by atoms with Crippen LogP contribution in [0.2, 0.25) is 0 Å². The van der Waals surface area contributed by atoms with E-state index in [-0.39, 0.29) is 24.5 Å². The smallest absolute Gasteiger partial charge is 0.414 e. The van der Waals surface area contributed by atoms with Crippen LogP contribution in [0.1, 0.15) is 114 Å². The summed E-state index contributed by atoms with van der Waals surface area (Å²) in [5, 5.41) is 19.1. The van der Waals surface area contributed by atoms with Crippen LogP contribution in [0.15, 0.2) is 4.99 Å². The lowest BCUT2D eigenvalue weighted by Crippen LogP contribution is -2.47. The molecule has 0 aromatic carbocycles. The highest BCUT2D eigenvalue weighted by atomic mass is 16.6. The van der Waals surface area contributed by atoms with Crippen LogP contribution < -0.4 is 37.2 Å². The Bertz CT molecular complexity index is 1020. The molecule has 49 heavy (non-hydrogen) atoms. The first-order valence-corrected chi connectivity index (χ1v) is 17.2. The molecule has 0 aliphatic carbocycles. The summed E-state index contributed by atoms with van der Waals surface area (Å²) < 4.78 is 15.7. The molecule has 16 heteroatoms. The lowest BCUT2D eigenvalue weighted by molar-refractivity contribution is -0.120. The van der Waals surface area contributed by atoms with Crippen molar-refractivity contribution in [3.8, 4) is 0 Å². The van der Waals surface area contributed by atoms with Crippen molar-refractivity contribution in [1.82, 2.24) is 37.2 Å². The number of urea groups is 1. The van der Waals surface area contributed by atoms with E-state index in [1.807, 2.05) is 27.7 Å². The Morgan fingerprint density at radius 2 is 1.08 bits per heavy atom. The van der Waals surface area contributed by atoms with Gasteiger partial charge in [0.05, 0.1) is 6.54 Å². The molecule has 0 saturated heterocycles. The molecule has 0 saturated carbocycles. The van der Waals surface area contributed by atoms with Crippen LogP contribution in [0, 0.1) is 0 Å². The van der Waals surface area contributed by atoms with Crippen LogP contribution >= 0.6 is 0 Å². The fourth-order valence-electron chi connectivity index (χ4n) is 3.81. The topological polar surface area (TPSA) is 210 Å². The van der Waals surface area contributed by atoms with Crippen LogP contribution in [0.4, 0.5) is 19.2 Å². The summed E-state index contributed by atoms with van der Waals surface area (Å²) in [6, 6.07) is -0.406. The summed E-state index contributed by atoms with van der Waals surface area (Å²) in [4.78, 5) is 64.4. The molecule has 284 valence electrons. The van der Waals surface area contributed by atoms with Crippen molar-refractivity contribution < 1.29 is 38.2 Å². The SMILES string of the molecule is CC(CCNCCCCNC(=O)NCC(=O)NCCCCCCN=C(NC(=O)OC(C)(C)C)NC(=O)OC(C)(C)C)NC(=O)OC(C)(C)C. The molecule has 0 heterocycles. The largest absolute Gasteiger partial charge is 0.444 e. The van der Waals surface area contributed by atoms with E-state index in [1.54, 1.807) is 41.5 Å². The Morgan fingerprint density at radius 1 is 0.592 bits per heavy atom. The molecule has 16 nitrogen and oxygen atoms in total. The number of hydrogen-bond donors (Lipinski definition) is 7. The van der Waals surface area contributed by atoms with Crippen molar-refractivity contribution in [1.29, 1.82) is 0 Å². The standard InChI is InChI=1S/C33H64N8O8/c1-24(39-28(44)47-31(2,3)4)17-22-34-18-15-16-21-37-27(43)38-23-25(42)35-19-13-11-12-14-20-36-26(40-29(45)48-32(5,6)7)41-30(46)49-33(8,9)10/h24,34H,11-23H2,1-10H3,(H,35,42)(H,39,44)(H2,37,38,43)(H2,36,40,41,45,46). The van der Waals surface area contributed by atoms with Gasteiger partial charge >= 0.3 is 24.3 Å². The van der Waals surface area contributed by atoms with Gasteiger partial charge in [0.25, 0.3) is 0 Å². The minimum atomic E-state index is -0.747. The molecule has 0 radical (unpaired) electrons. The second-order valence-electron chi connectivity index (χ2n) is 14.7. The molecule has 7 N–H and O–H groups in total. The first-order valence-electron chi connectivity index (χ1n) is 17.2. The van der Waals surface area contributed by atoms with Gasteiger partial charge in [-0.1, -0.05) is 12.8 Å². The van der Waals surface area contributed by atoms with E-state index in [9.17, 15) is 24.0 Å². The number of ether oxygens (including phenoxy) is 3. The fourth-order valence-corrected chi connectivity index (χ4v) is 3.81. The maximum Gasteiger partial charge on any atom is 0.414 e. The van der Waals surface area contributed by atoms with Gasteiger partial charge in [-0.25, -0.2) is 19.2 Å². The minimum Gasteiger partial charge on any atom is -0.444 e. The monoisotopic (exact) mass is 700 g/mol. The van der Waals surface area contributed by atoms with Crippen LogP contribution in [0.5, 0.6) is 0 Å². The Labute approximate surface area is 292 Å². The highest BCUT2D eigenvalue weighted by Crippen LogP contribution is 2.09. The molecule has 6 amide bonds. The Morgan fingerprint density at radius 3 is 1.65 bits per heavy atom. The first-order chi connectivity index (χ1) is 22.6. The predicted octanol–water partition coefficient (Wildman–Crippen LogP) is 4.04. The molecule has 1 unspecified atom stereocenters. The third-order valence-corrected chi connectivity index (χ3v) is 5.91. The quantitative estimate of drug-likeness (QED) is 0.0476. The van der Waals surface area contributed by atoms with Crippen molar-refractivity contribution >= 4 is 36.2 Å². The molecule has 0 aliphatic rings. The Balaban J connectivity index is 4.04. The summed E-state index contributed by atoms with van der Waals surface area (Å²) in [5.41, 5.74) is -1.96. The number of carbonyl (C=O) groups excluding carboxylic acids is 5. The summed E-state index contributed by atoms with van der Waals surface area (Å²) in [7, 11) is 0. The molecular formula is C33H64N8O8. The van der Waals surface area contributed by atoms with Crippen LogP contribution in [-0.4, -0.2) is 98.3 Å². The van der Waals surface area contributed by atoms with Crippen molar-refractivity contribution in [2.45, 2.75) is 137 Å². The first kappa shape index (κ1) is 45.2. The fraction of sp³-hybridized carbons (Fsp3) is 0.818. The molecule has 0 bridgehead atoms. The van der Waals surface area contributed by atoms with Crippen LogP contribution in [0.3, 0.4) is 0 Å². The zero-order valence-electron chi connectivity index (χ0n) is 31.5. The van der Waals surface area contributed by atoms with Crippen molar-refractivity contribution in [3.63, 3.8) is 0 Å². The average Bonchev–Trinajstić information content (AvgIpc) is 2.91. The van der Waals surface area contributed by atoms with Crippen LogP contribution in [0.25, 0.3) is 0 Å². The number of guanidine groups is 1. The van der Waals surface area contributed by atoms with E-state index in [4.69, 9.17) is 14.2 Å². The number of carbonyl (C=O) groups is 5. The summed E-state index contributed by atoms with van der Waals surface area (Å²) in [6.45, 7) is 20.5. The van der Waals surface area contributed by atoms with E-state index in [0.29, 0.717) is 26.1 Å². The number of hydrogen-bond acceptors (Lipinski definition) is 10. The maximum absolute atomic E-state index is 12.2. The number of alkyl carbamates (subject to hydrolysis) is 3. The summed E-state index contributed by atoms with van der Waals surface area (Å²) in [5.74, 6) is -0.331. The van der Waals surface area contributed by atoms with Crippen LogP contribution in [-0.2, 0) is 19.0 Å².